The molecule has 4 rings (SSSR count). The Kier molecular flexibility index (Phi) is 6.51. The number of hydroxylamine groups is 2. The summed E-state index contributed by atoms with van der Waals surface area (Å²) in [5.74, 6) is -1.15. The van der Waals surface area contributed by atoms with Crippen LogP contribution < -0.4 is 4.74 Å². The highest BCUT2D eigenvalue weighted by molar-refractivity contribution is 5.78. The maximum atomic E-state index is 13.6. The Morgan fingerprint density at radius 3 is 2.32 bits per heavy atom. The summed E-state index contributed by atoms with van der Waals surface area (Å²) in [7, 11) is 0. The van der Waals surface area contributed by atoms with Gasteiger partial charge in [-0.1, -0.05) is 0 Å². The van der Waals surface area contributed by atoms with E-state index in [0.29, 0.717) is 49.7 Å². The predicted octanol–water partition coefficient (Wildman–Crippen LogP) is 5.50. The molecule has 2 fully saturated rings. The van der Waals surface area contributed by atoms with E-state index in [4.69, 9.17) is 9.57 Å². The number of ether oxygens (including phenoxy) is 1. The van der Waals surface area contributed by atoms with Gasteiger partial charge in [-0.2, -0.15) is 0 Å². The third-order valence-corrected chi connectivity index (χ3v) is 6.09. The topological polar surface area (TPSA) is 38.8 Å². The molecule has 1 atom stereocenters. The number of nitrogens with zero attached hydrogens (tertiary/aromatic N) is 1. The molecule has 2 aliphatic rings. The molecule has 7 heteroatoms. The average molecular weight is 433 g/mol. The summed E-state index contributed by atoms with van der Waals surface area (Å²) in [5.41, 5.74) is 1.22. The van der Waals surface area contributed by atoms with Crippen LogP contribution in [0.25, 0.3) is 0 Å². The van der Waals surface area contributed by atoms with E-state index in [1.54, 1.807) is 6.07 Å². The fourth-order valence-electron chi connectivity index (χ4n) is 4.51. The van der Waals surface area contributed by atoms with Crippen molar-refractivity contribution in [3.05, 3.63) is 65.0 Å². The molecule has 0 aromatic heterocycles. The number of hydrogen-bond donors (Lipinski definition) is 0. The number of hydrogen-bond acceptors (Lipinski definition) is 3. The highest BCUT2D eigenvalue weighted by Gasteiger charge is 2.37. The molecule has 2 aromatic carbocycles. The van der Waals surface area contributed by atoms with Crippen LogP contribution in [0.3, 0.4) is 0 Å². The molecule has 1 aliphatic carbocycles. The van der Waals surface area contributed by atoms with E-state index in [-0.39, 0.29) is 17.6 Å². The predicted molar refractivity (Wildman–Crippen MR) is 109 cm³/mol. The largest absolute Gasteiger partial charge is 0.493 e. The molecular weight excluding hydrogens is 407 g/mol. The van der Waals surface area contributed by atoms with Gasteiger partial charge in [-0.15, -0.1) is 0 Å². The fraction of sp³-hybridized carbons (Fsp3) is 0.458. The molecule has 1 saturated heterocycles. The van der Waals surface area contributed by atoms with Gasteiger partial charge in [0.15, 0.2) is 0 Å². The van der Waals surface area contributed by atoms with Crippen LogP contribution in [-0.4, -0.2) is 24.2 Å². The Bertz CT molecular complexity index is 903. The van der Waals surface area contributed by atoms with Crippen LogP contribution in [0.1, 0.15) is 49.3 Å². The Morgan fingerprint density at radius 1 is 0.968 bits per heavy atom. The maximum Gasteiger partial charge on any atom is 0.249 e. The minimum atomic E-state index is -0.664. The van der Waals surface area contributed by atoms with E-state index in [1.165, 1.54) is 29.3 Å². The molecular formula is C24H26F3NO3. The van der Waals surface area contributed by atoms with Gasteiger partial charge in [0.2, 0.25) is 5.91 Å². The van der Waals surface area contributed by atoms with Gasteiger partial charge in [-0.3, -0.25) is 9.63 Å². The summed E-state index contributed by atoms with van der Waals surface area (Å²) in [6.07, 6.45) is 3.53. The fourth-order valence-corrected chi connectivity index (χ4v) is 4.51. The Balaban J connectivity index is 1.32. The van der Waals surface area contributed by atoms with Crippen LogP contribution in [0.4, 0.5) is 13.2 Å². The number of rotatable bonds is 5. The van der Waals surface area contributed by atoms with Gasteiger partial charge in [0.25, 0.3) is 0 Å². The van der Waals surface area contributed by atoms with E-state index in [9.17, 15) is 18.0 Å². The molecule has 0 N–H and O–H groups in total. The van der Waals surface area contributed by atoms with Crippen LogP contribution in [-0.2, 0) is 9.63 Å². The highest BCUT2D eigenvalue weighted by Crippen LogP contribution is 2.36. The molecule has 4 nitrogen and oxygen atoms in total. The minimum Gasteiger partial charge on any atom is -0.493 e. The molecule has 1 amide bonds. The van der Waals surface area contributed by atoms with Crippen LogP contribution in [0.5, 0.6) is 5.75 Å². The number of benzene rings is 2. The van der Waals surface area contributed by atoms with Crippen LogP contribution >= 0.6 is 0 Å². The van der Waals surface area contributed by atoms with Gasteiger partial charge in [-0.05, 0) is 73.9 Å². The third-order valence-electron chi connectivity index (χ3n) is 6.09. The van der Waals surface area contributed by atoms with Crippen LogP contribution in [0, 0.1) is 36.2 Å². The van der Waals surface area contributed by atoms with E-state index in [2.05, 4.69) is 0 Å². The summed E-state index contributed by atoms with van der Waals surface area (Å²) < 4.78 is 46.5. The highest BCUT2D eigenvalue weighted by atomic mass is 19.1. The first-order chi connectivity index (χ1) is 14.9. The second-order valence-corrected chi connectivity index (χ2v) is 8.50. The zero-order valence-electron chi connectivity index (χ0n) is 17.5. The lowest BCUT2D eigenvalue weighted by Crippen LogP contribution is -2.37. The SMILES string of the molecule is Cc1cc(F)cc(OCC2CCC(C(=O)N3OCC[C@H]3c3cc(F)cc(F)c3)CC2)c1. The monoisotopic (exact) mass is 433 g/mol. The first-order valence-corrected chi connectivity index (χ1v) is 10.7. The van der Waals surface area contributed by atoms with Crippen molar-refractivity contribution in [1.82, 2.24) is 5.06 Å². The van der Waals surface area contributed by atoms with Crippen molar-refractivity contribution in [2.45, 2.75) is 45.1 Å². The summed E-state index contributed by atoms with van der Waals surface area (Å²) in [6, 6.07) is 7.49. The number of carbonyl (C=O) groups excluding carboxylic acids is 1. The zero-order valence-corrected chi connectivity index (χ0v) is 17.5. The molecule has 2 aromatic rings. The van der Waals surface area contributed by atoms with E-state index >= 15 is 0 Å². The van der Waals surface area contributed by atoms with Crippen molar-refractivity contribution < 1.29 is 27.5 Å². The van der Waals surface area contributed by atoms with Crippen molar-refractivity contribution in [1.29, 1.82) is 0 Å². The first kappa shape index (κ1) is 21.7. The van der Waals surface area contributed by atoms with E-state index in [1.807, 2.05) is 6.92 Å². The summed E-state index contributed by atoms with van der Waals surface area (Å²) in [5, 5.41) is 1.31. The number of carbonyl (C=O) groups is 1. The van der Waals surface area contributed by atoms with Gasteiger partial charge in [0.1, 0.15) is 23.2 Å². The van der Waals surface area contributed by atoms with Crippen molar-refractivity contribution in [3.8, 4) is 5.75 Å². The van der Waals surface area contributed by atoms with Crippen LogP contribution in [0.15, 0.2) is 36.4 Å². The second kappa shape index (κ2) is 9.30. The van der Waals surface area contributed by atoms with Gasteiger partial charge < -0.3 is 4.74 Å². The van der Waals surface area contributed by atoms with Gasteiger partial charge in [0, 0.05) is 24.5 Å². The Morgan fingerprint density at radius 2 is 1.65 bits per heavy atom. The van der Waals surface area contributed by atoms with E-state index < -0.39 is 17.7 Å². The second-order valence-electron chi connectivity index (χ2n) is 8.50. The number of halogens is 3. The molecule has 0 bridgehead atoms. The summed E-state index contributed by atoms with van der Waals surface area (Å²) in [4.78, 5) is 18.6. The minimum absolute atomic E-state index is 0.132. The Labute approximate surface area is 179 Å². The van der Waals surface area contributed by atoms with Crippen molar-refractivity contribution >= 4 is 5.91 Å². The quantitative estimate of drug-likeness (QED) is 0.625. The zero-order chi connectivity index (χ0) is 22.0. The van der Waals surface area contributed by atoms with Crippen molar-refractivity contribution in [2.24, 2.45) is 11.8 Å². The standard InChI is InChI=1S/C24H26F3NO3/c1-15-8-19(25)13-22(9-15)30-14-16-2-4-17(5-3-16)24(29)28-23(6-7-31-28)18-10-20(26)12-21(27)11-18/h8-13,16-17,23H,2-7,14H2,1H3/t16?,17?,23-/m0/s1. The lowest BCUT2D eigenvalue weighted by molar-refractivity contribution is -0.183. The molecule has 0 radical (unpaired) electrons. The van der Waals surface area contributed by atoms with E-state index in [0.717, 1.165) is 24.5 Å². The Hall–Kier alpha value is -2.54. The molecule has 166 valence electrons. The lowest BCUT2D eigenvalue weighted by atomic mass is 9.81. The number of aryl methyl sites for hydroxylation is 1. The lowest BCUT2D eigenvalue weighted by Gasteiger charge is -2.32. The summed E-state index contributed by atoms with van der Waals surface area (Å²) in [6.45, 7) is 2.64. The number of amides is 1. The molecule has 0 unspecified atom stereocenters. The van der Waals surface area contributed by atoms with Crippen molar-refractivity contribution in [3.63, 3.8) is 0 Å². The van der Waals surface area contributed by atoms with Gasteiger partial charge in [-0.25, -0.2) is 18.2 Å². The summed E-state index contributed by atoms with van der Waals surface area (Å²) >= 11 is 0. The van der Waals surface area contributed by atoms with Gasteiger partial charge in [0.05, 0.1) is 19.3 Å². The molecule has 1 aliphatic heterocycles. The molecule has 1 saturated carbocycles. The average Bonchev–Trinajstić information content (AvgIpc) is 3.21. The molecule has 31 heavy (non-hydrogen) atoms. The van der Waals surface area contributed by atoms with Gasteiger partial charge >= 0.3 is 0 Å². The molecule has 0 spiro atoms. The van der Waals surface area contributed by atoms with Crippen LogP contribution in [0.2, 0.25) is 0 Å². The molecule has 1 heterocycles. The first-order valence-electron chi connectivity index (χ1n) is 10.7. The maximum absolute atomic E-state index is 13.6. The third kappa shape index (κ3) is 5.21. The smallest absolute Gasteiger partial charge is 0.249 e. The van der Waals surface area contributed by atoms with Crippen molar-refractivity contribution in [2.75, 3.05) is 13.2 Å². The normalized spacial score (nSPS) is 23.7.